The quantitative estimate of drug-likeness (QED) is 0.826. The number of rotatable bonds is 4. The monoisotopic (exact) mass is 237 g/mol. The summed E-state index contributed by atoms with van der Waals surface area (Å²) in [4.78, 5) is 0. The molecule has 1 saturated heterocycles. The highest BCUT2D eigenvalue weighted by Gasteiger charge is 2.13. The number of phenolic OH excluding ortho intramolecular Hbond substituents is 1. The number of ether oxygens (including phenoxy) is 2. The van der Waals surface area contributed by atoms with Crippen LogP contribution in [0.25, 0.3) is 0 Å². The zero-order valence-electron chi connectivity index (χ0n) is 10.1. The molecule has 1 aliphatic rings. The predicted octanol–water partition coefficient (Wildman–Crippen LogP) is 1.21. The Balaban J connectivity index is 1.79. The maximum absolute atomic E-state index is 9.68. The highest BCUT2D eigenvalue weighted by Crippen LogP contribution is 2.17. The van der Waals surface area contributed by atoms with E-state index >= 15 is 0 Å². The molecular formula is C13H19NO3. The Hall–Kier alpha value is -1.10. The number of nitrogens with one attached hydrogen (secondary N) is 1. The third-order valence-electron chi connectivity index (χ3n) is 2.81. The van der Waals surface area contributed by atoms with Crippen LogP contribution in [0.15, 0.2) is 18.2 Å². The summed E-state index contributed by atoms with van der Waals surface area (Å²) in [5.41, 5.74) is 2.07. The molecule has 0 bridgehead atoms. The molecule has 0 aliphatic carbocycles. The van der Waals surface area contributed by atoms with E-state index in [-0.39, 0.29) is 6.10 Å². The summed E-state index contributed by atoms with van der Waals surface area (Å²) in [5.74, 6) is 0.337. The molecule has 4 nitrogen and oxygen atoms in total. The molecule has 0 spiro atoms. The SMILES string of the molecule is Cc1ccc(O)c(CNCC2COCCO2)c1. The Labute approximate surface area is 102 Å². The molecule has 1 aromatic rings. The van der Waals surface area contributed by atoms with Crippen LogP contribution in [0.4, 0.5) is 0 Å². The van der Waals surface area contributed by atoms with Gasteiger partial charge in [0.25, 0.3) is 0 Å². The van der Waals surface area contributed by atoms with Gasteiger partial charge in [0.05, 0.1) is 25.9 Å². The molecule has 4 heteroatoms. The van der Waals surface area contributed by atoms with Gasteiger partial charge in [-0.15, -0.1) is 0 Å². The van der Waals surface area contributed by atoms with E-state index in [0.29, 0.717) is 32.1 Å². The second-order valence-corrected chi connectivity index (χ2v) is 4.33. The van der Waals surface area contributed by atoms with Gasteiger partial charge in [-0.1, -0.05) is 17.7 Å². The summed E-state index contributed by atoms with van der Waals surface area (Å²) in [6, 6.07) is 5.62. The van der Waals surface area contributed by atoms with Gasteiger partial charge in [-0.2, -0.15) is 0 Å². The van der Waals surface area contributed by atoms with E-state index in [2.05, 4.69) is 5.32 Å². The summed E-state index contributed by atoms with van der Waals surface area (Å²) in [5, 5.41) is 13.0. The number of hydrogen-bond acceptors (Lipinski definition) is 4. The number of aryl methyl sites for hydroxylation is 1. The van der Waals surface area contributed by atoms with E-state index in [1.165, 1.54) is 0 Å². The average Bonchev–Trinajstić information content (AvgIpc) is 2.35. The van der Waals surface area contributed by atoms with Gasteiger partial charge in [0.1, 0.15) is 5.75 Å². The second kappa shape index (κ2) is 6.00. The minimum atomic E-state index is 0.121. The van der Waals surface area contributed by atoms with E-state index in [9.17, 15) is 5.11 Å². The van der Waals surface area contributed by atoms with Crippen molar-refractivity contribution in [2.45, 2.75) is 19.6 Å². The number of benzene rings is 1. The van der Waals surface area contributed by atoms with Gasteiger partial charge in [-0.05, 0) is 13.0 Å². The second-order valence-electron chi connectivity index (χ2n) is 4.33. The molecule has 0 amide bonds. The topological polar surface area (TPSA) is 50.7 Å². The molecule has 94 valence electrons. The molecule has 1 aromatic carbocycles. The van der Waals surface area contributed by atoms with E-state index in [1.54, 1.807) is 6.07 Å². The first-order valence-corrected chi connectivity index (χ1v) is 5.94. The lowest BCUT2D eigenvalue weighted by Gasteiger charge is -2.23. The largest absolute Gasteiger partial charge is 0.508 e. The summed E-state index contributed by atoms with van der Waals surface area (Å²) in [7, 11) is 0. The average molecular weight is 237 g/mol. The van der Waals surface area contributed by atoms with Gasteiger partial charge in [-0.25, -0.2) is 0 Å². The van der Waals surface area contributed by atoms with Gasteiger partial charge < -0.3 is 19.9 Å². The third kappa shape index (κ3) is 3.70. The molecule has 1 aliphatic heterocycles. The fourth-order valence-corrected chi connectivity index (χ4v) is 1.88. The fraction of sp³-hybridized carbons (Fsp3) is 0.538. The summed E-state index contributed by atoms with van der Waals surface area (Å²) >= 11 is 0. The highest BCUT2D eigenvalue weighted by molar-refractivity contribution is 5.35. The van der Waals surface area contributed by atoms with Crippen molar-refractivity contribution in [1.82, 2.24) is 5.32 Å². The van der Waals surface area contributed by atoms with E-state index in [1.807, 2.05) is 19.1 Å². The number of phenols is 1. The first-order valence-electron chi connectivity index (χ1n) is 5.94. The maximum atomic E-state index is 9.68. The highest BCUT2D eigenvalue weighted by atomic mass is 16.6. The Morgan fingerprint density at radius 1 is 1.41 bits per heavy atom. The van der Waals surface area contributed by atoms with Gasteiger partial charge in [-0.3, -0.25) is 0 Å². The van der Waals surface area contributed by atoms with Crippen LogP contribution < -0.4 is 5.32 Å². The molecule has 0 aromatic heterocycles. The molecule has 2 rings (SSSR count). The van der Waals surface area contributed by atoms with Crippen LogP contribution in [0.1, 0.15) is 11.1 Å². The summed E-state index contributed by atoms with van der Waals surface area (Å²) in [6.07, 6.45) is 0.121. The molecule has 1 unspecified atom stereocenters. The molecule has 0 radical (unpaired) electrons. The number of hydrogen-bond donors (Lipinski definition) is 2. The van der Waals surface area contributed by atoms with Crippen molar-refractivity contribution in [1.29, 1.82) is 0 Å². The first kappa shape index (κ1) is 12.4. The fourth-order valence-electron chi connectivity index (χ4n) is 1.88. The summed E-state index contributed by atoms with van der Waals surface area (Å²) in [6.45, 7) is 5.41. The van der Waals surface area contributed by atoms with Crippen molar-refractivity contribution < 1.29 is 14.6 Å². The van der Waals surface area contributed by atoms with Gasteiger partial charge in [0.2, 0.25) is 0 Å². The zero-order valence-corrected chi connectivity index (χ0v) is 10.1. The Morgan fingerprint density at radius 2 is 2.29 bits per heavy atom. The van der Waals surface area contributed by atoms with Crippen molar-refractivity contribution >= 4 is 0 Å². The smallest absolute Gasteiger partial charge is 0.120 e. The van der Waals surface area contributed by atoms with Crippen molar-refractivity contribution in [3.63, 3.8) is 0 Å². The van der Waals surface area contributed by atoms with Crippen LogP contribution in [0, 0.1) is 6.92 Å². The lowest BCUT2D eigenvalue weighted by Crippen LogP contribution is -2.37. The van der Waals surface area contributed by atoms with Gasteiger partial charge in [0, 0.05) is 18.7 Å². The van der Waals surface area contributed by atoms with Crippen LogP contribution >= 0.6 is 0 Å². The Morgan fingerprint density at radius 3 is 3.06 bits per heavy atom. The van der Waals surface area contributed by atoms with Crippen molar-refractivity contribution in [2.75, 3.05) is 26.4 Å². The van der Waals surface area contributed by atoms with Crippen LogP contribution in [0.2, 0.25) is 0 Å². The van der Waals surface area contributed by atoms with Crippen LogP contribution in [-0.2, 0) is 16.0 Å². The van der Waals surface area contributed by atoms with Crippen molar-refractivity contribution in [3.05, 3.63) is 29.3 Å². The molecule has 2 N–H and O–H groups in total. The van der Waals surface area contributed by atoms with Crippen LogP contribution in [0.5, 0.6) is 5.75 Å². The maximum Gasteiger partial charge on any atom is 0.120 e. The molecule has 1 heterocycles. The first-order chi connectivity index (χ1) is 8.25. The molecule has 1 atom stereocenters. The van der Waals surface area contributed by atoms with E-state index in [4.69, 9.17) is 9.47 Å². The zero-order chi connectivity index (χ0) is 12.1. The standard InChI is InChI=1S/C13H19NO3/c1-10-2-3-13(15)11(6-10)7-14-8-12-9-16-4-5-17-12/h2-3,6,12,14-15H,4-5,7-9H2,1H3. The minimum Gasteiger partial charge on any atom is -0.508 e. The van der Waals surface area contributed by atoms with Gasteiger partial charge in [0.15, 0.2) is 0 Å². The molecule has 17 heavy (non-hydrogen) atoms. The summed E-state index contributed by atoms with van der Waals surface area (Å²) < 4.78 is 10.8. The lowest BCUT2D eigenvalue weighted by molar-refractivity contribution is -0.0864. The Bertz CT molecular complexity index is 362. The minimum absolute atomic E-state index is 0.121. The van der Waals surface area contributed by atoms with Crippen molar-refractivity contribution in [2.24, 2.45) is 0 Å². The molecular weight excluding hydrogens is 218 g/mol. The predicted molar refractivity (Wildman–Crippen MR) is 65.1 cm³/mol. The Kier molecular flexibility index (Phi) is 4.36. The number of aromatic hydroxyl groups is 1. The third-order valence-corrected chi connectivity index (χ3v) is 2.81. The van der Waals surface area contributed by atoms with E-state index in [0.717, 1.165) is 17.7 Å². The molecule has 1 fully saturated rings. The van der Waals surface area contributed by atoms with Crippen LogP contribution in [0.3, 0.4) is 0 Å². The van der Waals surface area contributed by atoms with Crippen LogP contribution in [-0.4, -0.2) is 37.6 Å². The molecule has 0 saturated carbocycles. The van der Waals surface area contributed by atoms with Crippen molar-refractivity contribution in [3.8, 4) is 5.75 Å². The lowest BCUT2D eigenvalue weighted by atomic mass is 10.1. The van der Waals surface area contributed by atoms with E-state index < -0.39 is 0 Å². The normalized spacial score (nSPS) is 20.4. The van der Waals surface area contributed by atoms with Gasteiger partial charge >= 0.3 is 0 Å².